The Morgan fingerprint density at radius 1 is 1.00 bits per heavy atom. The van der Waals surface area contributed by atoms with E-state index >= 15 is 0 Å². The molecular weight excluding hydrogens is 338 g/mol. The van der Waals surface area contributed by atoms with Crippen molar-refractivity contribution in [1.82, 2.24) is 5.32 Å². The number of nitrogen functional groups attached to an aromatic ring is 1. The summed E-state index contributed by atoms with van der Waals surface area (Å²) in [5, 5.41) is 5.78. The molecule has 2 aromatic carbocycles. The van der Waals surface area contributed by atoms with Crippen LogP contribution in [0.4, 0.5) is 11.4 Å². The quantitative estimate of drug-likeness (QED) is 0.495. The van der Waals surface area contributed by atoms with Crippen LogP contribution in [0.5, 0.6) is 0 Å². The fourth-order valence-corrected chi connectivity index (χ4v) is 3.47. The molecule has 2 rings (SSSR count). The Balaban J connectivity index is 2.01. The molecule has 25 heavy (non-hydrogen) atoms. The first kappa shape index (κ1) is 19.0. The first-order chi connectivity index (χ1) is 11.9. The van der Waals surface area contributed by atoms with Gasteiger partial charge in [-0.1, -0.05) is 13.3 Å². The van der Waals surface area contributed by atoms with E-state index in [2.05, 4.69) is 17.6 Å². The second-order valence-corrected chi connectivity index (χ2v) is 7.63. The summed E-state index contributed by atoms with van der Waals surface area (Å²) in [4.78, 5) is 12.1. The van der Waals surface area contributed by atoms with E-state index in [1.807, 2.05) is 0 Å². The van der Waals surface area contributed by atoms with Crippen LogP contribution in [-0.2, 0) is 14.6 Å². The molecule has 6 nitrogen and oxygen atoms in total. The highest BCUT2D eigenvalue weighted by atomic mass is 32.2. The smallest absolute Gasteiger partial charge is 0.238 e. The van der Waals surface area contributed by atoms with E-state index in [0.717, 1.165) is 19.4 Å². The molecule has 0 aliphatic rings. The first-order valence-electron chi connectivity index (χ1n) is 8.14. The molecule has 0 fully saturated rings. The molecule has 0 atom stereocenters. The lowest BCUT2D eigenvalue weighted by Crippen LogP contribution is -2.28. The standard InChI is InChI=1S/C18H23N3O3S/c1-2-3-12-20-13-18(22)21-15-6-10-17(11-7-15)25(23,24)16-8-4-14(19)5-9-16/h4-11,20H,2-3,12-13,19H2,1H3,(H,21,22). The van der Waals surface area contributed by atoms with Gasteiger partial charge in [0.15, 0.2) is 0 Å². The van der Waals surface area contributed by atoms with Gasteiger partial charge in [-0.2, -0.15) is 0 Å². The zero-order valence-corrected chi connectivity index (χ0v) is 15.0. The largest absolute Gasteiger partial charge is 0.399 e. The van der Waals surface area contributed by atoms with Crippen LogP contribution in [0.15, 0.2) is 58.3 Å². The number of anilines is 2. The molecular formula is C18H23N3O3S. The molecule has 7 heteroatoms. The van der Waals surface area contributed by atoms with Crippen molar-refractivity contribution in [2.24, 2.45) is 0 Å². The molecule has 2 aromatic rings. The van der Waals surface area contributed by atoms with Crippen LogP contribution in [0.2, 0.25) is 0 Å². The summed E-state index contributed by atoms with van der Waals surface area (Å²) in [7, 11) is -3.60. The second-order valence-electron chi connectivity index (χ2n) is 5.68. The van der Waals surface area contributed by atoms with E-state index in [0.29, 0.717) is 11.4 Å². The van der Waals surface area contributed by atoms with E-state index in [-0.39, 0.29) is 22.2 Å². The number of nitrogens with one attached hydrogen (secondary N) is 2. The summed E-state index contributed by atoms with van der Waals surface area (Å²) >= 11 is 0. The maximum atomic E-state index is 12.5. The highest BCUT2D eigenvalue weighted by Crippen LogP contribution is 2.23. The third-order valence-electron chi connectivity index (χ3n) is 3.63. The monoisotopic (exact) mass is 361 g/mol. The lowest BCUT2D eigenvalue weighted by molar-refractivity contribution is -0.115. The zero-order chi connectivity index (χ0) is 18.3. The molecule has 0 bridgehead atoms. The van der Waals surface area contributed by atoms with Crippen molar-refractivity contribution in [3.8, 4) is 0 Å². The van der Waals surface area contributed by atoms with E-state index in [9.17, 15) is 13.2 Å². The van der Waals surface area contributed by atoms with Crippen LogP contribution in [-0.4, -0.2) is 27.4 Å². The van der Waals surface area contributed by atoms with Gasteiger partial charge in [-0.15, -0.1) is 0 Å². The number of carbonyl (C=O) groups is 1. The van der Waals surface area contributed by atoms with Crippen LogP contribution in [0.25, 0.3) is 0 Å². The van der Waals surface area contributed by atoms with Crippen molar-refractivity contribution in [2.75, 3.05) is 24.1 Å². The van der Waals surface area contributed by atoms with Crippen LogP contribution in [0, 0.1) is 0 Å². The van der Waals surface area contributed by atoms with Crippen LogP contribution in [0.1, 0.15) is 19.8 Å². The maximum absolute atomic E-state index is 12.5. The average molecular weight is 361 g/mol. The van der Waals surface area contributed by atoms with Gasteiger partial charge in [-0.05, 0) is 61.5 Å². The lowest BCUT2D eigenvalue weighted by atomic mass is 10.3. The van der Waals surface area contributed by atoms with Gasteiger partial charge < -0.3 is 16.4 Å². The summed E-state index contributed by atoms with van der Waals surface area (Å²) in [6.45, 7) is 3.11. The molecule has 0 aromatic heterocycles. The number of amides is 1. The third-order valence-corrected chi connectivity index (χ3v) is 5.42. The molecule has 0 spiro atoms. The van der Waals surface area contributed by atoms with E-state index in [1.54, 1.807) is 24.3 Å². The Hall–Kier alpha value is -2.38. The minimum atomic E-state index is -3.60. The summed E-state index contributed by atoms with van der Waals surface area (Å²) in [6, 6.07) is 12.2. The molecule has 4 N–H and O–H groups in total. The predicted octanol–water partition coefficient (Wildman–Crippen LogP) is 2.43. The molecule has 0 radical (unpaired) electrons. The molecule has 1 amide bonds. The van der Waals surface area contributed by atoms with Crippen LogP contribution < -0.4 is 16.4 Å². The van der Waals surface area contributed by atoms with Crippen LogP contribution in [0.3, 0.4) is 0 Å². The Bertz CT molecular complexity index is 800. The number of rotatable bonds is 8. The van der Waals surface area contributed by atoms with Gasteiger partial charge in [-0.3, -0.25) is 4.79 Å². The Kier molecular flexibility index (Phi) is 6.55. The fourth-order valence-electron chi connectivity index (χ4n) is 2.21. The van der Waals surface area contributed by atoms with Crippen molar-refractivity contribution in [2.45, 2.75) is 29.6 Å². The Morgan fingerprint density at radius 2 is 1.56 bits per heavy atom. The normalized spacial score (nSPS) is 11.2. The van der Waals surface area contributed by atoms with Crippen molar-refractivity contribution < 1.29 is 13.2 Å². The van der Waals surface area contributed by atoms with Gasteiger partial charge in [0.1, 0.15) is 0 Å². The van der Waals surface area contributed by atoms with Gasteiger partial charge in [0, 0.05) is 11.4 Å². The summed E-state index contributed by atoms with van der Waals surface area (Å²) < 4.78 is 25.1. The van der Waals surface area contributed by atoms with Gasteiger partial charge in [0.25, 0.3) is 0 Å². The molecule has 0 heterocycles. The number of sulfone groups is 1. The highest BCUT2D eigenvalue weighted by molar-refractivity contribution is 7.91. The topological polar surface area (TPSA) is 101 Å². The molecule has 0 saturated heterocycles. The van der Waals surface area contributed by atoms with E-state index < -0.39 is 9.84 Å². The third kappa shape index (κ3) is 5.30. The van der Waals surface area contributed by atoms with Crippen molar-refractivity contribution >= 4 is 27.1 Å². The summed E-state index contributed by atoms with van der Waals surface area (Å²) in [5.74, 6) is -0.162. The second kappa shape index (κ2) is 8.64. The number of unbranched alkanes of at least 4 members (excludes halogenated alkanes) is 1. The average Bonchev–Trinajstić information content (AvgIpc) is 2.60. The lowest BCUT2D eigenvalue weighted by Gasteiger charge is -2.08. The Labute approximate surface area is 148 Å². The number of nitrogens with two attached hydrogens (primary N) is 1. The minimum Gasteiger partial charge on any atom is -0.399 e. The number of carbonyl (C=O) groups excluding carboxylic acids is 1. The molecule has 0 unspecified atom stereocenters. The van der Waals surface area contributed by atoms with Crippen LogP contribution >= 0.6 is 0 Å². The van der Waals surface area contributed by atoms with Gasteiger partial charge in [0.2, 0.25) is 15.7 Å². The maximum Gasteiger partial charge on any atom is 0.238 e. The van der Waals surface area contributed by atoms with E-state index in [4.69, 9.17) is 5.73 Å². The molecule has 0 saturated carbocycles. The number of benzene rings is 2. The number of hydrogen-bond donors (Lipinski definition) is 3. The van der Waals surface area contributed by atoms with Gasteiger partial charge >= 0.3 is 0 Å². The van der Waals surface area contributed by atoms with Crippen molar-refractivity contribution in [3.05, 3.63) is 48.5 Å². The molecule has 0 aliphatic carbocycles. The SMILES string of the molecule is CCCCNCC(=O)Nc1ccc(S(=O)(=O)c2ccc(N)cc2)cc1. The first-order valence-corrected chi connectivity index (χ1v) is 9.63. The predicted molar refractivity (Wildman–Crippen MR) is 99.2 cm³/mol. The van der Waals surface area contributed by atoms with Crippen molar-refractivity contribution in [1.29, 1.82) is 0 Å². The van der Waals surface area contributed by atoms with Crippen molar-refractivity contribution in [3.63, 3.8) is 0 Å². The summed E-state index contributed by atoms with van der Waals surface area (Å²) in [6.07, 6.45) is 2.09. The Morgan fingerprint density at radius 3 is 2.12 bits per heavy atom. The fraction of sp³-hybridized carbons (Fsp3) is 0.278. The molecule has 134 valence electrons. The van der Waals surface area contributed by atoms with Gasteiger partial charge in [-0.25, -0.2) is 8.42 Å². The van der Waals surface area contributed by atoms with E-state index in [1.165, 1.54) is 24.3 Å². The zero-order valence-electron chi connectivity index (χ0n) is 14.2. The highest BCUT2D eigenvalue weighted by Gasteiger charge is 2.17. The minimum absolute atomic E-state index is 0.162. The number of hydrogen-bond acceptors (Lipinski definition) is 5. The summed E-state index contributed by atoms with van der Waals surface area (Å²) in [5.41, 5.74) is 6.64. The molecule has 0 aliphatic heterocycles. The van der Waals surface area contributed by atoms with Gasteiger partial charge in [0.05, 0.1) is 16.3 Å².